The Morgan fingerprint density at radius 1 is 1.19 bits per heavy atom. The van der Waals surface area contributed by atoms with Crippen LogP contribution in [0.1, 0.15) is 33.6 Å². The average Bonchev–Trinajstić information content (AvgIpc) is 2.29. The van der Waals surface area contributed by atoms with Crippen molar-refractivity contribution in [3.8, 4) is 0 Å². The van der Waals surface area contributed by atoms with Gasteiger partial charge in [-0.2, -0.15) is 0 Å². The van der Waals surface area contributed by atoms with Crippen molar-refractivity contribution in [1.82, 2.24) is 0 Å². The highest BCUT2D eigenvalue weighted by molar-refractivity contribution is 5.87. The molecule has 0 aliphatic rings. The Labute approximate surface area is 97.6 Å². The van der Waals surface area contributed by atoms with E-state index in [-0.39, 0.29) is 12.6 Å². The molecule has 4 nitrogen and oxygen atoms in total. The average molecular weight is 230 g/mol. The van der Waals surface area contributed by atoms with E-state index < -0.39 is 0 Å². The Bertz CT molecular complexity index is 211. The van der Waals surface area contributed by atoms with Gasteiger partial charge >= 0.3 is 5.97 Å². The van der Waals surface area contributed by atoms with Gasteiger partial charge in [-0.25, -0.2) is 4.79 Å². The van der Waals surface area contributed by atoms with E-state index >= 15 is 0 Å². The molecule has 0 aliphatic heterocycles. The molecule has 0 radical (unpaired) electrons. The van der Waals surface area contributed by atoms with E-state index in [1.807, 2.05) is 6.92 Å². The number of unbranched alkanes of at least 4 members (excludes halogenated alkanes) is 1. The first kappa shape index (κ1) is 15.0. The molecule has 0 aromatic heterocycles. The molecule has 0 spiro atoms. The maximum absolute atomic E-state index is 11.3. The van der Waals surface area contributed by atoms with Gasteiger partial charge < -0.3 is 14.2 Å². The Kier molecular flexibility index (Phi) is 9.81. The second kappa shape index (κ2) is 10.5. The summed E-state index contributed by atoms with van der Waals surface area (Å²) in [7, 11) is 0. The maximum atomic E-state index is 11.3. The van der Waals surface area contributed by atoms with Crippen LogP contribution in [0.25, 0.3) is 0 Å². The summed E-state index contributed by atoms with van der Waals surface area (Å²) in [6.45, 7) is 7.65. The summed E-state index contributed by atoms with van der Waals surface area (Å²) in [6, 6.07) is 0. The fourth-order valence-corrected chi connectivity index (χ4v) is 0.911. The van der Waals surface area contributed by atoms with Crippen molar-refractivity contribution in [2.45, 2.75) is 33.6 Å². The van der Waals surface area contributed by atoms with Gasteiger partial charge in [-0.15, -0.1) is 0 Å². The third-order valence-electron chi connectivity index (χ3n) is 1.86. The number of hydrogen-bond acceptors (Lipinski definition) is 4. The topological polar surface area (TPSA) is 44.8 Å². The molecule has 0 aromatic carbocycles. The quantitative estimate of drug-likeness (QED) is 0.264. The number of ether oxygens (including phenoxy) is 3. The number of rotatable bonds is 9. The molecule has 0 fully saturated rings. The Morgan fingerprint density at radius 2 is 1.94 bits per heavy atom. The van der Waals surface area contributed by atoms with Gasteiger partial charge in [0.15, 0.2) is 0 Å². The highest BCUT2D eigenvalue weighted by Crippen LogP contribution is 1.98. The molecule has 0 saturated carbocycles. The van der Waals surface area contributed by atoms with E-state index in [0.29, 0.717) is 25.4 Å². The number of esters is 1. The smallest absolute Gasteiger partial charge is 0.336 e. The van der Waals surface area contributed by atoms with Crippen molar-refractivity contribution in [2.75, 3.05) is 26.4 Å². The molecule has 94 valence electrons. The molecule has 16 heavy (non-hydrogen) atoms. The van der Waals surface area contributed by atoms with Crippen LogP contribution in [0.4, 0.5) is 0 Å². The summed E-state index contributed by atoms with van der Waals surface area (Å²) in [5, 5.41) is 0. The molecule has 0 aliphatic carbocycles. The molecule has 0 saturated heterocycles. The lowest BCUT2D eigenvalue weighted by Crippen LogP contribution is -2.11. The van der Waals surface area contributed by atoms with Crippen molar-refractivity contribution >= 4 is 5.97 Å². The van der Waals surface area contributed by atoms with Crippen LogP contribution in [0, 0.1) is 0 Å². The zero-order valence-corrected chi connectivity index (χ0v) is 10.5. The van der Waals surface area contributed by atoms with Crippen LogP contribution >= 0.6 is 0 Å². The molecule has 0 unspecified atom stereocenters. The van der Waals surface area contributed by atoms with Crippen molar-refractivity contribution in [2.24, 2.45) is 0 Å². The molecule has 0 rings (SSSR count). The van der Waals surface area contributed by atoms with Gasteiger partial charge in [-0.3, -0.25) is 0 Å². The summed E-state index contributed by atoms with van der Waals surface area (Å²) in [4.78, 5) is 11.3. The standard InChI is InChI=1S/C12H22O4/c1-4-6-7-15-10-11(3)12(13)16-9-8-14-5-2/h10H,4-9H2,1-3H3. The van der Waals surface area contributed by atoms with Crippen LogP contribution < -0.4 is 0 Å². The van der Waals surface area contributed by atoms with Crippen molar-refractivity contribution < 1.29 is 19.0 Å². The monoisotopic (exact) mass is 230 g/mol. The van der Waals surface area contributed by atoms with Crippen LogP contribution in [-0.2, 0) is 19.0 Å². The van der Waals surface area contributed by atoms with Crippen LogP contribution in [-0.4, -0.2) is 32.4 Å². The normalized spacial score (nSPS) is 11.3. The minimum atomic E-state index is -0.351. The fraction of sp³-hybridized carbons (Fsp3) is 0.750. The predicted octanol–water partition coefficient (Wildman–Crippen LogP) is 2.29. The van der Waals surface area contributed by atoms with Crippen molar-refractivity contribution in [1.29, 1.82) is 0 Å². The lowest BCUT2D eigenvalue weighted by atomic mass is 10.3. The van der Waals surface area contributed by atoms with Gasteiger partial charge in [0.2, 0.25) is 0 Å². The van der Waals surface area contributed by atoms with E-state index in [1.165, 1.54) is 6.26 Å². The van der Waals surface area contributed by atoms with Gasteiger partial charge in [0, 0.05) is 6.61 Å². The fourth-order valence-electron chi connectivity index (χ4n) is 0.911. The second-order valence-electron chi connectivity index (χ2n) is 3.36. The van der Waals surface area contributed by atoms with E-state index in [9.17, 15) is 4.79 Å². The van der Waals surface area contributed by atoms with E-state index in [1.54, 1.807) is 6.92 Å². The SMILES string of the molecule is CCCCOC=C(C)C(=O)OCCOCC. The first-order valence-corrected chi connectivity index (χ1v) is 5.75. The maximum Gasteiger partial charge on any atom is 0.336 e. The van der Waals surface area contributed by atoms with Gasteiger partial charge in [0.25, 0.3) is 0 Å². The van der Waals surface area contributed by atoms with Gasteiger partial charge in [-0.05, 0) is 20.3 Å². The summed E-state index contributed by atoms with van der Waals surface area (Å²) in [5.74, 6) is -0.351. The van der Waals surface area contributed by atoms with Gasteiger partial charge in [-0.1, -0.05) is 13.3 Å². The third-order valence-corrected chi connectivity index (χ3v) is 1.86. The summed E-state index contributed by atoms with van der Waals surface area (Å²) in [5.41, 5.74) is 0.479. The molecular weight excluding hydrogens is 208 g/mol. The van der Waals surface area contributed by atoms with E-state index in [4.69, 9.17) is 14.2 Å². The molecule has 0 aromatic rings. The zero-order valence-electron chi connectivity index (χ0n) is 10.5. The summed E-state index contributed by atoms with van der Waals surface area (Å²) >= 11 is 0. The lowest BCUT2D eigenvalue weighted by Gasteiger charge is -2.05. The first-order chi connectivity index (χ1) is 7.72. The van der Waals surface area contributed by atoms with Crippen LogP contribution in [0.15, 0.2) is 11.8 Å². The molecule has 0 heterocycles. The minimum absolute atomic E-state index is 0.285. The predicted molar refractivity (Wildman–Crippen MR) is 62.1 cm³/mol. The highest BCUT2D eigenvalue weighted by Gasteiger charge is 2.05. The molecule has 0 amide bonds. The van der Waals surface area contributed by atoms with Gasteiger partial charge in [0.1, 0.15) is 6.61 Å². The molecule has 0 N–H and O–H groups in total. The Hall–Kier alpha value is -1.03. The highest BCUT2D eigenvalue weighted by atomic mass is 16.6. The van der Waals surface area contributed by atoms with Crippen molar-refractivity contribution in [3.63, 3.8) is 0 Å². The second-order valence-corrected chi connectivity index (χ2v) is 3.36. The first-order valence-electron chi connectivity index (χ1n) is 5.75. The van der Waals surface area contributed by atoms with E-state index in [2.05, 4.69) is 6.92 Å². The number of carbonyl (C=O) groups excluding carboxylic acids is 1. The minimum Gasteiger partial charge on any atom is -0.501 e. The summed E-state index contributed by atoms with van der Waals surface area (Å²) < 4.78 is 15.2. The third kappa shape index (κ3) is 8.29. The van der Waals surface area contributed by atoms with Gasteiger partial charge in [0.05, 0.1) is 25.0 Å². The number of carbonyl (C=O) groups is 1. The molecular formula is C12H22O4. The zero-order chi connectivity index (χ0) is 12.2. The van der Waals surface area contributed by atoms with Crippen LogP contribution in [0.3, 0.4) is 0 Å². The molecule has 0 atom stereocenters. The molecule has 4 heteroatoms. The van der Waals surface area contributed by atoms with Crippen LogP contribution in [0.2, 0.25) is 0 Å². The number of hydrogen-bond donors (Lipinski definition) is 0. The Morgan fingerprint density at radius 3 is 2.56 bits per heavy atom. The molecule has 0 bridgehead atoms. The van der Waals surface area contributed by atoms with E-state index in [0.717, 1.165) is 12.8 Å². The van der Waals surface area contributed by atoms with Crippen LogP contribution in [0.5, 0.6) is 0 Å². The largest absolute Gasteiger partial charge is 0.501 e. The van der Waals surface area contributed by atoms with Crippen molar-refractivity contribution in [3.05, 3.63) is 11.8 Å². The summed E-state index contributed by atoms with van der Waals surface area (Å²) in [6.07, 6.45) is 3.52. The Balaban J connectivity index is 3.63. The lowest BCUT2D eigenvalue weighted by molar-refractivity contribution is -0.140.